The predicted molar refractivity (Wildman–Crippen MR) is 63.6 cm³/mol. The Labute approximate surface area is 102 Å². The zero-order valence-corrected chi connectivity index (χ0v) is 10.5. The largest absolute Gasteiger partial charge is 0.378 e. The zero-order valence-electron chi connectivity index (χ0n) is 10.5. The van der Waals surface area contributed by atoms with E-state index in [1.165, 1.54) is 0 Å². The minimum atomic E-state index is -0.0000239. The Morgan fingerprint density at radius 2 is 2.29 bits per heavy atom. The second-order valence-corrected chi connectivity index (χ2v) is 5.15. The van der Waals surface area contributed by atoms with Gasteiger partial charge < -0.3 is 9.64 Å². The molecule has 2 atom stereocenters. The lowest BCUT2D eigenvalue weighted by atomic mass is 9.97. The lowest BCUT2D eigenvalue weighted by Crippen LogP contribution is -2.44. The maximum atomic E-state index is 12.1. The van der Waals surface area contributed by atoms with Gasteiger partial charge in [-0.25, -0.2) is 0 Å². The molecule has 0 aromatic heterocycles. The molecule has 2 heterocycles. The Balaban J connectivity index is 1.81. The molecular formula is C13H21NO3. The van der Waals surface area contributed by atoms with Crippen molar-refractivity contribution in [1.82, 2.24) is 4.90 Å². The Bertz CT molecular complexity index is 297. The van der Waals surface area contributed by atoms with Crippen LogP contribution in [-0.4, -0.2) is 42.4 Å². The van der Waals surface area contributed by atoms with Crippen molar-refractivity contribution < 1.29 is 14.3 Å². The summed E-state index contributed by atoms with van der Waals surface area (Å²) in [5.74, 6) is 0.430. The number of Topliss-reactive ketones (excluding diaryl/α,β-unsaturated/α-hetero) is 1. The van der Waals surface area contributed by atoms with Crippen LogP contribution in [-0.2, 0) is 14.3 Å². The molecule has 96 valence electrons. The Morgan fingerprint density at radius 1 is 1.47 bits per heavy atom. The van der Waals surface area contributed by atoms with Crippen LogP contribution in [0.1, 0.15) is 39.0 Å². The monoisotopic (exact) mass is 239 g/mol. The number of piperidine rings is 1. The topological polar surface area (TPSA) is 46.6 Å². The van der Waals surface area contributed by atoms with Crippen LogP contribution in [0, 0.1) is 5.92 Å². The number of carbonyl (C=O) groups is 2. The van der Waals surface area contributed by atoms with E-state index < -0.39 is 0 Å². The van der Waals surface area contributed by atoms with Gasteiger partial charge >= 0.3 is 0 Å². The predicted octanol–water partition coefficient (Wildman–Crippen LogP) is 1.38. The minimum Gasteiger partial charge on any atom is -0.378 e. The molecule has 0 spiro atoms. The van der Waals surface area contributed by atoms with Crippen LogP contribution in [0.5, 0.6) is 0 Å². The molecular weight excluding hydrogens is 218 g/mol. The smallest absolute Gasteiger partial charge is 0.225 e. The van der Waals surface area contributed by atoms with Gasteiger partial charge in [0.15, 0.2) is 0 Å². The SMILES string of the molecule is CC1CN(C(=O)CC2CCCCO2)CCC1=O. The summed E-state index contributed by atoms with van der Waals surface area (Å²) in [7, 11) is 0. The number of hydrogen-bond donors (Lipinski definition) is 0. The third-order valence-corrected chi connectivity index (χ3v) is 3.70. The van der Waals surface area contributed by atoms with E-state index in [0.717, 1.165) is 25.9 Å². The molecule has 1 amide bonds. The molecule has 17 heavy (non-hydrogen) atoms. The molecule has 4 heteroatoms. The van der Waals surface area contributed by atoms with Gasteiger partial charge in [-0.3, -0.25) is 9.59 Å². The first-order chi connectivity index (χ1) is 8.16. The van der Waals surface area contributed by atoms with Gasteiger partial charge in [-0.1, -0.05) is 6.92 Å². The van der Waals surface area contributed by atoms with E-state index in [0.29, 0.717) is 25.9 Å². The number of ether oxygens (including phenoxy) is 1. The van der Waals surface area contributed by atoms with Crippen LogP contribution in [0.2, 0.25) is 0 Å². The highest BCUT2D eigenvalue weighted by Gasteiger charge is 2.28. The minimum absolute atomic E-state index is 0.0000239. The van der Waals surface area contributed by atoms with Crippen LogP contribution < -0.4 is 0 Å². The first-order valence-electron chi connectivity index (χ1n) is 6.59. The second kappa shape index (κ2) is 5.63. The van der Waals surface area contributed by atoms with Gasteiger partial charge in [-0.15, -0.1) is 0 Å². The number of nitrogens with zero attached hydrogens (tertiary/aromatic N) is 1. The third-order valence-electron chi connectivity index (χ3n) is 3.70. The molecule has 0 bridgehead atoms. The quantitative estimate of drug-likeness (QED) is 0.731. The first-order valence-corrected chi connectivity index (χ1v) is 6.59. The summed E-state index contributed by atoms with van der Waals surface area (Å²) in [6.07, 6.45) is 4.37. The van der Waals surface area contributed by atoms with E-state index in [4.69, 9.17) is 4.74 Å². The van der Waals surface area contributed by atoms with Crippen molar-refractivity contribution in [3.8, 4) is 0 Å². The van der Waals surface area contributed by atoms with Gasteiger partial charge in [-0.05, 0) is 19.3 Å². The molecule has 0 aromatic rings. The molecule has 2 saturated heterocycles. The molecule has 2 rings (SSSR count). The third kappa shape index (κ3) is 3.28. The van der Waals surface area contributed by atoms with Crippen molar-refractivity contribution in [3.05, 3.63) is 0 Å². The van der Waals surface area contributed by atoms with Crippen molar-refractivity contribution in [3.63, 3.8) is 0 Å². The molecule has 0 aliphatic carbocycles. The highest BCUT2D eigenvalue weighted by molar-refractivity contribution is 5.85. The average molecular weight is 239 g/mol. The summed E-state index contributed by atoms with van der Waals surface area (Å²) in [6, 6.07) is 0. The Hall–Kier alpha value is -0.900. The van der Waals surface area contributed by atoms with E-state index in [1.807, 2.05) is 11.8 Å². The first kappa shape index (κ1) is 12.6. The number of ketones is 1. The molecule has 2 aliphatic rings. The normalized spacial score (nSPS) is 30.4. The number of amides is 1. The fraction of sp³-hybridized carbons (Fsp3) is 0.846. The van der Waals surface area contributed by atoms with Crippen molar-refractivity contribution in [1.29, 1.82) is 0 Å². The average Bonchev–Trinajstić information content (AvgIpc) is 2.34. The molecule has 4 nitrogen and oxygen atoms in total. The van der Waals surface area contributed by atoms with Crippen molar-refractivity contribution in [2.75, 3.05) is 19.7 Å². The molecule has 0 saturated carbocycles. The van der Waals surface area contributed by atoms with Crippen LogP contribution in [0.4, 0.5) is 0 Å². The summed E-state index contributed by atoms with van der Waals surface area (Å²) in [5, 5.41) is 0. The molecule has 2 fully saturated rings. The van der Waals surface area contributed by atoms with E-state index in [2.05, 4.69) is 0 Å². The maximum Gasteiger partial charge on any atom is 0.225 e. The van der Waals surface area contributed by atoms with E-state index >= 15 is 0 Å². The fourth-order valence-corrected chi connectivity index (χ4v) is 2.53. The highest BCUT2D eigenvalue weighted by Crippen LogP contribution is 2.19. The molecule has 2 unspecified atom stereocenters. The second-order valence-electron chi connectivity index (χ2n) is 5.15. The van der Waals surface area contributed by atoms with E-state index in [-0.39, 0.29) is 23.7 Å². The number of hydrogen-bond acceptors (Lipinski definition) is 3. The van der Waals surface area contributed by atoms with Crippen LogP contribution in [0.3, 0.4) is 0 Å². The van der Waals surface area contributed by atoms with Gasteiger partial charge in [0.2, 0.25) is 5.91 Å². The standard InChI is InChI=1S/C13H21NO3/c1-10-9-14(6-5-12(10)15)13(16)8-11-4-2-3-7-17-11/h10-11H,2-9H2,1H3. The number of rotatable bonds is 2. The molecule has 2 aliphatic heterocycles. The maximum absolute atomic E-state index is 12.1. The Kier molecular flexibility index (Phi) is 4.15. The molecule has 0 aromatic carbocycles. The van der Waals surface area contributed by atoms with Crippen LogP contribution in [0.15, 0.2) is 0 Å². The summed E-state index contributed by atoms with van der Waals surface area (Å²) >= 11 is 0. The highest BCUT2D eigenvalue weighted by atomic mass is 16.5. The number of carbonyl (C=O) groups excluding carboxylic acids is 2. The summed E-state index contributed by atoms with van der Waals surface area (Å²) in [6.45, 7) is 3.87. The Morgan fingerprint density at radius 3 is 2.94 bits per heavy atom. The summed E-state index contributed by atoms with van der Waals surface area (Å²) < 4.78 is 5.57. The summed E-state index contributed by atoms with van der Waals surface area (Å²) in [4.78, 5) is 25.3. The van der Waals surface area contributed by atoms with E-state index in [9.17, 15) is 9.59 Å². The molecule has 0 N–H and O–H groups in total. The van der Waals surface area contributed by atoms with Gasteiger partial charge in [0, 0.05) is 32.0 Å². The van der Waals surface area contributed by atoms with Crippen molar-refractivity contribution >= 4 is 11.7 Å². The lowest BCUT2D eigenvalue weighted by molar-refractivity contribution is -0.139. The summed E-state index contributed by atoms with van der Waals surface area (Å²) in [5.41, 5.74) is 0. The van der Waals surface area contributed by atoms with E-state index in [1.54, 1.807) is 0 Å². The molecule has 0 radical (unpaired) electrons. The fourth-order valence-electron chi connectivity index (χ4n) is 2.53. The van der Waals surface area contributed by atoms with Gasteiger partial charge in [0.1, 0.15) is 5.78 Å². The zero-order chi connectivity index (χ0) is 12.3. The van der Waals surface area contributed by atoms with Gasteiger partial charge in [0.05, 0.1) is 12.5 Å². The van der Waals surface area contributed by atoms with Gasteiger partial charge in [-0.2, -0.15) is 0 Å². The number of likely N-dealkylation sites (tertiary alicyclic amines) is 1. The lowest BCUT2D eigenvalue weighted by Gasteiger charge is -2.32. The van der Waals surface area contributed by atoms with Crippen molar-refractivity contribution in [2.45, 2.75) is 45.1 Å². The van der Waals surface area contributed by atoms with Crippen LogP contribution >= 0.6 is 0 Å². The van der Waals surface area contributed by atoms with Gasteiger partial charge in [0.25, 0.3) is 0 Å². The van der Waals surface area contributed by atoms with Crippen molar-refractivity contribution in [2.24, 2.45) is 5.92 Å². The van der Waals surface area contributed by atoms with Crippen LogP contribution in [0.25, 0.3) is 0 Å².